The third-order valence-corrected chi connectivity index (χ3v) is 6.27. The minimum Gasteiger partial charge on any atom is -0.325 e. The molecule has 30 heavy (non-hydrogen) atoms. The number of anilines is 1. The highest BCUT2D eigenvalue weighted by atomic mass is 79.9. The number of aromatic nitrogens is 3. The molecule has 3 rings (SSSR count). The summed E-state index contributed by atoms with van der Waals surface area (Å²) in [5.74, 6) is 0.505. The van der Waals surface area contributed by atoms with Crippen LogP contribution in [0, 0.1) is 10.1 Å². The van der Waals surface area contributed by atoms with Gasteiger partial charge in [0.1, 0.15) is 0 Å². The van der Waals surface area contributed by atoms with E-state index in [4.69, 9.17) is 0 Å². The summed E-state index contributed by atoms with van der Waals surface area (Å²) in [6.45, 7) is 4.51. The van der Waals surface area contributed by atoms with Crippen LogP contribution in [-0.4, -0.2) is 30.8 Å². The Morgan fingerprint density at radius 1 is 1.17 bits per heavy atom. The molecule has 0 aliphatic heterocycles. The van der Waals surface area contributed by atoms with Crippen LogP contribution in [0.15, 0.2) is 58.2 Å². The fourth-order valence-electron chi connectivity index (χ4n) is 2.81. The van der Waals surface area contributed by atoms with Crippen LogP contribution in [-0.2, 0) is 11.3 Å². The van der Waals surface area contributed by atoms with Crippen LogP contribution < -0.4 is 5.32 Å². The molecule has 1 N–H and O–H groups in total. The Labute approximate surface area is 186 Å². The zero-order valence-electron chi connectivity index (χ0n) is 16.4. The summed E-state index contributed by atoms with van der Waals surface area (Å²) in [6.07, 6.45) is 0.621. The summed E-state index contributed by atoms with van der Waals surface area (Å²) in [5, 5.41) is 22.6. The Morgan fingerprint density at radius 3 is 2.40 bits per heavy atom. The van der Waals surface area contributed by atoms with E-state index in [1.165, 1.54) is 23.9 Å². The van der Waals surface area contributed by atoms with Crippen molar-refractivity contribution < 1.29 is 9.72 Å². The number of non-ortho nitro benzene ring substituents is 1. The van der Waals surface area contributed by atoms with Gasteiger partial charge in [-0.1, -0.05) is 34.6 Å². The van der Waals surface area contributed by atoms with Crippen molar-refractivity contribution in [3.05, 3.63) is 63.1 Å². The van der Waals surface area contributed by atoms with Crippen LogP contribution in [0.5, 0.6) is 0 Å². The van der Waals surface area contributed by atoms with Gasteiger partial charge >= 0.3 is 0 Å². The molecule has 0 unspecified atom stereocenters. The number of hydrogen-bond donors (Lipinski definition) is 1. The minimum atomic E-state index is -0.439. The van der Waals surface area contributed by atoms with E-state index in [9.17, 15) is 14.9 Å². The summed E-state index contributed by atoms with van der Waals surface area (Å²) < 4.78 is 2.85. The Morgan fingerprint density at radius 2 is 1.83 bits per heavy atom. The molecule has 3 aromatic rings. The smallest absolute Gasteiger partial charge is 0.269 e. The maximum atomic E-state index is 12.7. The predicted octanol–water partition coefficient (Wildman–Crippen LogP) is 5.15. The number of thioether (sulfide) groups is 1. The number of amides is 1. The van der Waals surface area contributed by atoms with E-state index in [-0.39, 0.29) is 16.8 Å². The number of hydrogen-bond acceptors (Lipinski definition) is 6. The van der Waals surface area contributed by atoms with Crippen LogP contribution in [0.1, 0.15) is 20.3 Å². The highest BCUT2D eigenvalue weighted by molar-refractivity contribution is 9.10. The van der Waals surface area contributed by atoms with Gasteiger partial charge in [0, 0.05) is 34.4 Å². The maximum Gasteiger partial charge on any atom is 0.269 e. The molecule has 156 valence electrons. The lowest BCUT2D eigenvalue weighted by Crippen LogP contribution is -2.25. The molecule has 1 amide bonds. The lowest BCUT2D eigenvalue weighted by Gasteiger charge is -2.15. The van der Waals surface area contributed by atoms with Gasteiger partial charge in [0.15, 0.2) is 11.0 Å². The Hall–Kier alpha value is -2.72. The molecule has 1 heterocycles. The topological polar surface area (TPSA) is 103 Å². The second-order valence-electron chi connectivity index (χ2n) is 6.37. The van der Waals surface area contributed by atoms with Crippen molar-refractivity contribution in [3.8, 4) is 11.4 Å². The van der Waals surface area contributed by atoms with Crippen molar-refractivity contribution in [2.75, 3.05) is 5.32 Å². The monoisotopic (exact) mass is 489 g/mol. The largest absolute Gasteiger partial charge is 0.325 e. The Kier molecular flexibility index (Phi) is 7.22. The number of nitrogens with one attached hydrogen (secondary N) is 1. The number of carbonyl (C=O) groups excluding carboxylic acids is 1. The highest BCUT2D eigenvalue weighted by Gasteiger charge is 2.23. The van der Waals surface area contributed by atoms with Crippen LogP contribution in [0.3, 0.4) is 0 Å². The summed E-state index contributed by atoms with van der Waals surface area (Å²) >= 11 is 4.73. The van der Waals surface area contributed by atoms with Gasteiger partial charge in [-0.3, -0.25) is 14.9 Å². The fraction of sp³-hybridized carbons (Fsp3) is 0.250. The molecule has 0 spiro atoms. The normalized spacial score (nSPS) is 11.8. The number of nitro benzene ring substituents is 1. The molecule has 0 bridgehead atoms. The van der Waals surface area contributed by atoms with Crippen molar-refractivity contribution >= 4 is 45.0 Å². The molecular formula is C20H20BrN5O3S. The van der Waals surface area contributed by atoms with Crippen molar-refractivity contribution in [2.45, 2.75) is 37.2 Å². The number of nitrogens with zero attached hydrogens (tertiary/aromatic N) is 4. The van der Waals surface area contributed by atoms with Crippen molar-refractivity contribution in [3.63, 3.8) is 0 Å². The first-order chi connectivity index (χ1) is 14.4. The van der Waals surface area contributed by atoms with E-state index >= 15 is 0 Å². The number of rotatable bonds is 8. The first kappa shape index (κ1) is 22.0. The molecule has 0 radical (unpaired) electrons. The minimum absolute atomic E-state index is 0.0200. The molecular weight excluding hydrogens is 470 g/mol. The summed E-state index contributed by atoms with van der Waals surface area (Å²) in [6, 6.07) is 13.6. The maximum absolute atomic E-state index is 12.7. The van der Waals surface area contributed by atoms with Gasteiger partial charge < -0.3 is 9.88 Å². The quantitative estimate of drug-likeness (QED) is 0.266. The van der Waals surface area contributed by atoms with E-state index in [1.54, 1.807) is 12.1 Å². The SMILES string of the molecule is CC[C@H](Sc1nnc(-c2ccc([N+](=O)[O-])cc2)n1CC)C(=O)Nc1ccc(Br)cc1. The summed E-state index contributed by atoms with van der Waals surface area (Å²) in [5.41, 5.74) is 1.48. The van der Waals surface area contributed by atoms with E-state index in [1.807, 2.05) is 42.7 Å². The van der Waals surface area contributed by atoms with Crippen LogP contribution in [0.2, 0.25) is 0 Å². The average molecular weight is 490 g/mol. The molecule has 1 aromatic heterocycles. The van der Waals surface area contributed by atoms with Gasteiger partial charge in [-0.2, -0.15) is 0 Å². The van der Waals surface area contributed by atoms with Gasteiger partial charge in [0.05, 0.1) is 10.2 Å². The zero-order valence-corrected chi connectivity index (χ0v) is 18.8. The second-order valence-corrected chi connectivity index (χ2v) is 8.45. The standard InChI is InChI=1S/C20H20BrN5O3S/c1-3-17(19(27)22-15-9-7-14(21)8-10-15)30-20-24-23-18(25(20)4-2)13-5-11-16(12-6-13)26(28)29/h5-12,17H,3-4H2,1-2H3,(H,22,27)/t17-/m0/s1. The van der Waals surface area contributed by atoms with E-state index in [0.29, 0.717) is 23.9 Å². The highest BCUT2D eigenvalue weighted by Crippen LogP contribution is 2.29. The second kappa shape index (κ2) is 9.86. The molecule has 0 fully saturated rings. The predicted molar refractivity (Wildman–Crippen MR) is 120 cm³/mol. The van der Waals surface area contributed by atoms with Gasteiger partial charge in [-0.15, -0.1) is 10.2 Å². The summed E-state index contributed by atoms with van der Waals surface area (Å²) in [7, 11) is 0. The van der Waals surface area contributed by atoms with E-state index in [0.717, 1.165) is 15.7 Å². The number of carbonyl (C=O) groups is 1. The average Bonchev–Trinajstić information content (AvgIpc) is 3.16. The van der Waals surface area contributed by atoms with Crippen molar-refractivity contribution in [1.82, 2.24) is 14.8 Å². The Balaban J connectivity index is 1.78. The summed E-state index contributed by atoms with van der Waals surface area (Å²) in [4.78, 5) is 23.2. The molecule has 0 aliphatic rings. The van der Waals surface area contributed by atoms with Gasteiger partial charge in [-0.25, -0.2) is 0 Å². The van der Waals surface area contributed by atoms with Crippen LogP contribution >= 0.6 is 27.7 Å². The van der Waals surface area contributed by atoms with Crippen LogP contribution in [0.4, 0.5) is 11.4 Å². The first-order valence-electron chi connectivity index (χ1n) is 9.34. The zero-order chi connectivity index (χ0) is 21.7. The molecule has 0 aliphatic carbocycles. The fourth-order valence-corrected chi connectivity index (χ4v) is 4.09. The van der Waals surface area contributed by atoms with Gasteiger partial charge in [0.2, 0.25) is 5.91 Å². The van der Waals surface area contributed by atoms with E-state index in [2.05, 4.69) is 31.4 Å². The molecule has 0 saturated carbocycles. The molecule has 8 nitrogen and oxygen atoms in total. The first-order valence-corrected chi connectivity index (χ1v) is 11.0. The van der Waals surface area contributed by atoms with Crippen molar-refractivity contribution in [2.24, 2.45) is 0 Å². The molecule has 2 aromatic carbocycles. The van der Waals surface area contributed by atoms with E-state index < -0.39 is 4.92 Å². The Bertz CT molecular complexity index is 1040. The lowest BCUT2D eigenvalue weighted by atomic mass is 10.2. The van der Waals surface area contributed by atoms with Crippen LogP contribution in [0.25, 0.3) is 11.4 Å². The number of benzene rings is 2. The molecule has 1 atom stereocenters. The molecule has 0 saturated heterocycles. The molecule has 10 heteroatoms. The third kappa shape index (κ3) is 5.06. The third-order valence-electron chi connectivity index (χ3n) is 4.39. The lowest BCUT2D eigenvalue weighted by molar-refractivity contribution is -0.384. The number of halogens is 1. The van der Waals surface area contributed by atoms with Gasteiger partial charge in [-0.05, 0) is 49.7 Å². The van der Waals surface area contributed by atoms with Gasteiger partial charge in [0.25, 0.3) is 5.69 Å². The number of nitro groups is 1. The van der Waals surface area contributed by atoms with Crippen molar-refractivity contribution in [1.29, 1.82) is 0 Å².